The zero-order valence-electron chi connectivity index (χ0n) is 12.1. The van der Waals surface area contributed by atoms with Crippen molar-refractivity contribution in [3.8, 4) is 0 Å². The highest BCUT2D eigenvalue weighted by Crippen LogP contribution is 2.11. The molecule has 0 fully saturated rings. The Morgan fingerprint density at radius 1 is 0.950 bits per heavy atom. The van der Waals surface area contributed by atoms with Crippen LogP contribution in [-0.4, -0.2) is 19.0 Å². The third kappa shape index (κ3) is 4.44. The first-order valence-electron chi connectivity index (χ1n) is 6.83. The molecule has 106 valence electrons. The van der Waals surface area contributed by atoms with E-state index in [1.165, 1.54) is 23.3 Å². The molecule has 0 spiro atoms. The first-order chi connectivity index (χ1) is 9.67. The van der Waals surface area contributed by atoms with E-state index >= 15 is 0 Å². The molecule has 0 bridgehead atoms. The summed E-state index contributed by atoms with van der Waals surface area (Å²) in [6.07, 6.45) is 0. The predicted octanol–water partition coefficient (Wildman–Crippen LogP) is 3.18. The summed E-state index contributed by atoms with van der Waals surface area (Å²) in [5.41, 5.74) is 3.71. The van der Waals surface area contributed by atoms with Crippen molar-refractivity contribution in [2.24, 2.45) is 0 Å². The maximum Gasteiger partial charge on any atom is 0.123 e. The van der Waals surface area contributed by atoms with Crippen molar-refractivity contribution in [2.75, 3.05) is 14.1 Å². The van der Waals surface area contributed by atoms with Gasteiger partial charge in [-0.15, -0.1) is 0 Å². The summed E-state index contributed by atoms with van der Waals surface area (Å²) in [4.78, 5) is 2.23. The van der Waals surface area contributed by atoms with Gasteiger partial charge in [0.2, 0.25) is 0 Å². The quantitative estimate of drug-likeness (QED) is 0.869. The van der Waals surface area contributed by atoms with Crippen LogP contribution in [0.5, 0.6) is 0 Å². The summed E-state index contributed by atoms with van der Waals surface area (Å²) < 4.78 is 12.9. The highest BCUT2D eigenvalue weighted by atomic mass is 19.1. The number of hydrogen-bond donors (Lipinski definition) is 1. The van der Waals surface area contributed by atoms with E-state index in [4.69, 9.17) is 0 Å². The van der Waals surface area contributed by atoms with Gasteiger partial charge in [0, 0.05) is 19.6 Å². The van der Waals surface area contributed by atoms with Crippen LogP contribution in [0.2, 0.25) is 0 Å². The maximum absolute atomic E-state index is 12.9. The van der Waals surface area contributed by atoms with Crippen molar-refractivity contribution >= 4 is 0 Å². The molecule has 1 N–H and O–H groups in total. The zero-order valence-corrected chi connectivity index (χ0v) is 12.1. The van der Waals surface area contributed by atoms with Crippen LogP contribution >= 0.6 is 0 Å². The van der Waals surface area contributed by atoms with E-state index in [0.29, 0.717) is 0 Å². The van der Waals surface area contributed by atoms with Crippen LogP contribution < -0.4 is 5.32 Å². The second-order valence-corrected chi connectivity index (χ2v) is 5.15. The standard InChI is InChI=1S/C17H21FN2/c1-19-11-15-4-3-5-16(10-15)13-20(2)12-14-6-8-17(18)9-7-14/h3-10,19H,11-13H2,1-2H3. The summed E-state index contributed by atoms with van der Waals surface area (Å²) in [5.74, 6) is -0.184. The minimum atomic E-state index is -0.184. The minimum Gasteiger partial charge on any atom is -0.316 e. The van der Waals surface area contributed by atoms with Crippen LogP contribution in [0.1, 0.15) is 16.7 Å². The van der Waals surface area contributed by atoms with Crippen LogP contribution in [0.25, 0.3) is 0 Å². The molecular weight excluding hydrogens is 251 g/mol. The molecule has 0 unspecified atom stereocenters. The van der Waals surface area contributed by atoms with Crippen LogP contribution in [0, 0.1) is 5.82 Å². The fourth-order valence-corrected chi connectivity index (χ4v) is 2.31. The molecule has 0 aliphatic carbocycles. The highest BCUT2D eigenvalue weighted by molar-refractivity contribution is 5.23. The molecule has 20 heavy (non-hydrogen) atoms. The molecular formula is C17H21FN2. The van der Waals surface area contributed by atoms with Crippen molar-refractivity contribution in [3.63, 3.8) is 0 Å². The van der Waals surface area contributed by atoms with Gasteiger partial charge in [0.15, 0.2) is 0 Å². The van der Waals surface area contributed by atoms with Gasteiger partial charge >= 0.3 is 0 Å². The molecule has 0 aliphatic rings. The Bertz CT molecular complexity index is 537. The predicted molar refractivity (Wildman–Crippen MR) is 80.8 cm³/mol. The molecule has 0 aromatic heterocycles. The van der Waals surface area contributed by atoms with Crippen molar-refractivity contribution in [2.45, 2.75) is 19.6 Å². The Morgan fingerprint density at radius 3 is 2.30 bits per heavy atom. The summed E-state index contributed by atoms with van der Waals surface area (Å²) in [6, 6.07) is 15.3. The molecule has 3 heteroatoms. The molecule has 0 saturated heterocycles. The monoisotopic (exact) mass is 272 g/mol. The van der Waals surface area contributed by atoms with E-state index in [1.807, 2.05) is 19.2 Å². The Labute approximate surface area is 120 Å². The summed E-state index contributed by atoms with van der Waals surface area (Å²) in [5, 5.41) is 3.16. The van der Waals surface area contributed by atoms with Gasteiger partial charge in [-0.1, -0.05) is 36.4 Å². The Hall–Kier alpha value is -1.71. The van der Waals surface area contributed by atoms with Gasteiger partial charge in [0.05, 0.1) is 0 Å². The molecule has 0 amide bonds. The third-order valence-corrected chi connectivity index (χ3v) is 3.19. The summed E-state index contributed by atoms with van der Waals surface area (Å²) in [7, 11) is 4.03. The topological polar surface area (TPSA) is 15.3 Å². The van der Waals surface area contributed by atoms with Crippen LogP contribution in [0.4, 0.5) is 4.39 Å². The second-order valence-electron chi connectivity index (χ2n) is 5.15. The number of nitrogens with zero attached hydrogens (tertiary/aromatic N) is 1. The molecule has 0 heterocycles. The molecule has 0 aliphatic heterocycles. The SMILES string of the molecule is CNCc1cccc(CN(C)Cc2ccc(F)cc2)c1. The van der Waals surface area contributed by atoms with E-state index in [0.717, 1.165) is 25.2 Å². The van der Waals surface area contributed by atoms with Crippen LogP contribution in [-0.2, 0) is 19.6 Å². The van der Waals surface area contributed by atoms with Gasteiger partial charge in [-0.05, 0) is 42.9 Å². The first kappa shape index (κ1) is 14.7. The zero-order chi connectivity index (χ0) is 14.4. The van der Waals surface area contributed by atoms with E-state index in [1.54, 1.807) is 0 Å². The number of benzene rings is 2. The van der Waals surface area contributed by atoms with Crippen LogP contribution in [0.3, 0.4) is 0 Å². The first-order valence-corrected chi connectivity index (χ1v) is 6.83. The van der Waals surface area contributed by atoms with Gasteiger partial charge in [-0.3, -0.25) is 4.90 Å². The fourth-order valence-electron chi connectivity index (χ4n) is 2.31. The highest BCUT2D eigenvalue weighted by Gasteiger charge is 2.03. The number of hydrogen-bond acceptors (Lipinski definition) is 2. The summed E-state index contributed by atoms with van der Waals surface area (Å²) in [6.45, 7) is 2.58. The van der Waals surface area contributed by atoms with E-state index in [-0.39, 0.29) is 5.82 Å². The fraction of sp³-hybridized carbons (Fsp3) is 0.294. The van der Waals surface area contributed by atoms with Crippen molar-refractivity contribution < 1.29 is 4.39 Å². The Balaban J connectivity index is 1.95. The lowest BCUT2D eigenvalue weighted by atomic mass is 10.1. The van der Waals surface area contributed by atoms with E-state index in [2.05, 4.69) is 41.5 Å². The molecule has 2 aromatic carbocycles. The van der Waals surface area contributed by atoms with Gasteiger partial charge in [-0.2, -0.15) is 0 Å². The van der Waals surface area contributed by atoms with Crippen molar-refractivity contribution in [1.82, 2.24) is 10.2 Å². The Morgan fingerprint density at radius 2 is 1.60 bits per heavy atom. The van der Waals surface area contributed by atoms with Gasteiger partial charge in [-0.25, -0.2) is 4.39 Å². The van der Waals surface area contributed by atoms with Crippen molar-refractivity contribution in [3.05, 3.63) is 71.0 Å². The van der Waals surface area contributed by atoms with Gasteiger partial charge in [0.25, 0.3) is 0 Å². The van der Waals surface area contributed by atoms with Crippen molar-refractivity contribution in [1.29, 1.82) is 0 Å². The average Bonchev–Trinajstić information content (AvgIpc) is 2.42. The lowest BCUT2D eigenvalue weighted by molar-refractivity contribution is 0.319. The lowest BCUT2D eigenvalue weighted by Crippen LogP contribution is -2.17. The third-order valence-electron chi connectivity index (χ3n) is 3.19. The van der Waals surface area contributed by atoms with Crippen LogP contribution in [0.15, 0.2) is 48.5 Å². The smallest absolute Gasteiger partial charge is 0.123 e. The molecule has 2 aromatic rings. The Kier molecular flexibility index (Phi) is 5.27. The summed E-state index contributed by atoms with van der Waals surface area (Å²) >= 11 is 0. The lowest BCUT2D eigenvalue weighted by Gasteiger charge is -2.17. The van der Waals surface area contributed by atoms with Gasteiger partial charge < -0.3 is 5.32 Å². The number of rotatable bonds is 6. The van der Waals surface area contributed by atoms with E-state index in [9.17, 15) is 4.39 Å². The molecule has 2 rings (SSSR count). The largest absolute Gasteiger partial charge is 0.316 e. The minimum absolute atomic E-state index is 0.184. The maximum atomic E-state index is 12.9. The van der Waals surface area contributed by atoms with E-state index < -0.39 is 0 Å². The van der Waals surface area contributed by atoms with Gasteiger partial charge in [0.1, 0.15) is 5.82 Å². The number of halogens is 1. The second kappa shape index (κ2) is 7.17. The normalized spacial score (nSPS) is 11.0. The molecule has 0 atom stereocenters. The molecule has 0 saturated carbocycles. The molecule has 2 nitrogen and oxygen atoms in total. The average molecular weight is 272 g/mol. The number of nitrogens with one attached hydrogen (secondary N) is 1. The molecule has 0 radical (unpaired) electrons.